The molecular formula is C20H16N2O2. The summed E-state index contributed by atoms with van der Waals surface area (Å²) in [5, 5.41) is 0.875. The van der Waals surface area contributed by atoms with E-state index in [0.717, 1.165) is 27.7 Å². The van der Waals surface area contributed by atoms with E-state index in [1.807, 2.05) is 56.3 Å². The standard InChI is InChI=1S/C20H16N2O2/c1-3-15-19(22-17-10-12(2)8-9-16(17)21-15)14-11-13-6-4-5-7-18(13)24-20(14)23/h4-11H,3H2,1-2H3. The Labute approximate surface area is 138 Å². The van der Waals surface area contributed by atoms with Crippen molar-refractivity contribution in [3.8, 4) is 11.3 Å². The van der Waals surface area contributed by atoms with Crippen molar-refractivity contribution in [1.82, 2.24) is 9.97 Å². The van der Waals surface area contributed by atoms with Crippen LogP contribution in [0.2, 0.25) is 0 Å². The molecule has 4 nitrogen and oxygen atoms in total. The molecule has 24 heavy (non-hydrogen) atoms. The van der Waals surface area contributed by atoms with E-state index in [4.69, 9.17) is 9.40 Å². The zero-order chi connectivity index (χ0) is 16.7. The lowest BCUT2D eigenvalue weighted by atomic mass is 10.1. The Kier molecular flexibility index (Phi) is 3.38. The van der Waals surface area contributed by atoms with Crippen LogP contribution >= 0.6 is 0 Å². The zero-order valence-corrected chi connectivity index (χ0v) is 13.5. The molecule has 0 N–H and O–H groups in total. The van der Waals surface area contributed by atoms with E-state index in [1.165, 1.54) is 0 Å². The second-order valence-corrected chi connectivity index (χ2v) is 5.85. The van der Waals surface area contributed by atoms with Gasteiger partial charge in [-0.1, -0.05) is 31.2 Å². The van der Waals surface area contributed by atoms with Crippen molar-refractivity contribution in [3.05, 3.63) is 70.2 Å². The maximum absolute atomic E-state index is 12.5. The molecule has 2 aromatic heterocycles. The lowest BCUT2D eigenvalue weighted by Crippen LogP contribution is -2.07. The minimum Gasteiger partial charge on any atom is -0.422 e. The van der Waals surface area contributed by atoms with Crippen LogP contribution in [0.25, 0.3) is 33.3 Å². The number of hydrogen-bond donors (Lipinski definition) is 0. The molecule has 4 heteroatoms. The summed E-state index contributed by atoms with van der Waals surface area (Å²) in [5.74, 6) is 0. The van der Waals surface area contributed by atoms with Crippen molar-refractivity contribution < 1.29 is 4.42 Å². The Morgan fingerprint density at radius 1 is 1.00 bits per heavy atom. The molecule has 2 aromatic carbocycles. The number of hydrogen-bond acceptors (Lipinski definition) is 4. The summed E-state index contributed by atoms with van der Waals surface area (Å²) in [6, 6.07) is 15.3. The zero-order valence-electron chi connectivity index (χ0n) is 13.5. The highest BCUT2D eigenvalue weighted by atomic mass is 16.4. The van der Waals surface area contributed by atoms with Crippen LogP contribution in [-0.4, -0.2) is 9.97 Å². The minimum absolute atomic E-state index is 0.385. The van der Waals surface area contributed by atoms with Gasteiger partial charge in [-0.3, -0.25) is 0 Å². The van der Waals surface area contributed by atoms with E-state index in [9.17, 15) is 4.79 Å². The molecular weight excluding hydrogens is 300 g/mol. The lowest BCUT2D eigenvalue weighted by Gasteiger charge is -2.09. The second-order valence-electron chi connectivity index (χ2n) is 5.85. The minimum atomic E-state index is -0.385. The molecule has 0 spiro atoms. The molecule has 0 aliphatic carbocycles. The molecule has 0 amide bonds. The molecule has 0 saturated carbocycles. The average molecular weight is 316 g/mol. The summed E-state index contributed by atoms with van der Waals surface area (Å²) < 4.78 is 5.46. The van der Waals surface area contributed by atoms with Gasteiger partial charge in [-0.25, -0.2) is 14.8 Å². The van der Waals surface area contributed by atoms with Crippen LogP contribution in [0.1, 0.15) is 18.2 Å². The van der Waals surface area contributed by atoms with Gasteiger partial charge < -0.3 is 4.42 Å². The number of benzene rings is 2. The predicted octanol–water partition coefficient (Wildman–Crippen LogP) is 4.27. The van der Waals surface area contributed by atoms with E-state index in [2.05, 4.69) is 4.98 Å². The van der Waals surface area contributed by atoms with E-state index in [1.54, 1.807) is 6.07 Å². The number of aryl methyl sites for hydroxylation is 2. The summed E-state index contributed by atoms with van der Waals surface area (Å²) in [5.41, 5.74) is 4.79. The van der Waals surface area contributed by atoms with Crippen molar-refractivity contribution >= 4 is 22.0 Å². The molecule has 2 heterocycles. The fraction of sp³-hybridized carbons (Fsp3) is 0.150. The largest absolute Gasteiger partial charge is 0.422 e. The van der Waals surface area contributed by atoms with Crippen molar-refractivity contribution in [2.24, 2.45) is 0 Å². The topological polar surface area (TPSA) is 56.0 Å². The quantitative estimate of drug-likeness (QED) is 0.518. The molecule has 0 unspecified atom stereocenters. The van der Waals surface area contributed by atoms with Gasteiger partial charge in [0.25, 0.3) is 0 Å². The number of nitrogens with zero attached hydrogens (tertiary/aromatic N) is 2. The van der Waals surface area contributed by atoms with Crippen molar-refractivity contribution in [1.29, 1.82) is 0 Å². The van der Waals surface area contributed by atoms with E-state index < -0.39 is 0 Å². The molecule has 0 fully saturated rings. The van der Waals surface area contributed by atoms with Gasteiger partial charge in [0.15, 0.2) is 0 Å². The van der Waals surface area contributed by atoms with E-state index in [-0.39, 0.29) is 5.63 Å². The second kappa shape index (κ2) is 5.57. The summed E-state index contributed by atoms with van der Waals surface area (Å²) >= 11 is 0. The fourth-order valence-corrected chi connectivity index (χ4v) is 2.89. The molecule has 4 rings (SSSR count). The Hall–Kier alpha value is -3.01. The van der Waals surface area contributed by atoms with E-state index in [0.29, 0.717) is 23.3 Å². The maximum Gasteiger partial charge on any atom is 0.345 e. The van der Waals surface area contributed by atoms with Crippen molar-refractivity contribution in [2.45, 2.75) is 20.3 Å². The third-order valence-corrected chi connectivity index (χ3v) is 4.12. The predicted molar refractivity (Wildman–Crippen MR) is 95.1 cm³/mol. The lowest BCUT2D eigenvalue weighted by molar-refractivity contribution is 0.563. The summed E-state index contributed by atoms with van der Waals surface area (Å²) in [6.07, 6.45) is 0.693. The van der Waals surface area contributed by atoms with Crippen molar-refractivity contribution in [2.75, 3.05) is 0 Å². The Morgan fingerprint density at radius 3 is 2.67 bits per heavy atom. The molecule has 0 aliphatic rings. The highest BCUT2D eigenvalue weighted by Crippen LogP contribution is 2.24. The summed E-state index contributed by atoms with van der Waals surface area (Å²) in [7, 11) is 0. The van der Waals surface area contributed by atoms with Crippen molar-refractivity contribution in [3.63, 3.8) is 0 Å². The monoisotopic (exact) mass is 316 g/mol. The fourth-order valence-electron chi connectivity index (χ4n) is 2.89. The third kappa shape index (κ3) is 2.36. The first kappa shape index (κ1) is 14.6. The Bertz CT molecular complexity index is 1130. The van der Waals surface area contributed by atoms with Crippen LogP contribution in [-0.2, 0) is 6.42 Å². The molecule has 4 aromatic rings. The van der Waals surface area contributed by atoms with Gasteiger partial charge in [-0.2, -0.15) is 0 Å². The molecule has 0 aliphatic heterocycles. The van der Waals surface area contributed by atoms with Crippen LogP contribution in [0.4, 0.5) is 0 Å². The first-order chi connectivity index (χ1) is 11.7. The number of para-hydroxylation sites is 1. The van der Waals surface area contributed by atoms with Gasteiger partial charge >= 0.3 is 5.63 Å². The van der Waals surface area contributed by atoms with Gasteiger partial charge in [0.2, 0.25) is 0 Å². The number of rotatable bonds is 2. The highest BCUT2D eigenvalue weighted by Gasteiger charge is 2.15. The van der Waals surface area contributed by atoms with Crippen LogP contribution in [0.15, 0.2) is 57.7 Å². The summed E-state index contributed by atoms with van der Waals surface area (Å²) in [6.45, 7) is 4.02. The van der Waals surface area contributed by atoms with Crippen LogP contribution in [0.5, 0.6) is 0 Å². The Balaban J connectivity index is 2.04. The first-order valence-electron chi connectivity index (χ1n) is 7.96. The third-order valence-electron chi connectivity index (χ3n) is 4.12. The van der Waals surface area contributed by atoms with Gasteiger partial charge in [-0.15, -0.1) is 0 Å². The smallest absolute Gasteiger partial charge is 0.345 e. The van der Waals surface area contributed by atoms with E-state index >= 15 is 0 Å². The van der Waals surface area contributed by atoms with Gasteiger partial charge in [0.05, 0.1) is 28.0 Å². The van der Waals surface area contributed by atoms with Crippen LogP contribution in [0, 0.1) is 6.92 Å². The first-order valence-corrected chi connectivity index (χ1v) is 7.96. The normalized spacial score (nSPS) is 11.2. The molecule has 0 atom stereocenters. The van der Waals surface area contributed by atoms with Crippen LogP contribution in [0.3, 0.4) is 0 Å². The molecule has 0 saturated heterocycles. The Morgan fingerprint density at radius 2 is 1.83 bits per heavy atom. The maximum atomic E-state index is 12.5. The number of aromatic nitrogens is 2. The summed E-state index contributed by atoms with van der Waals surface area (Å²) in [4.78, 5) is 21.9. The molecule has 118 valence electrons. The van der Waals surface area contributed by atoms with Gasteiger partial charge in [0.1, 0.15) is 5.58 Å². The SMILES string of the molecule is CCc1nc2ccc(C)cc2nc1-c1cc2ccccc2oc1=O. The number of fused-ring (bicyclic) bond motifs is 2. The van der Waals surface area contributed by atoms with Crippen LogP contribution < -0.4 is 5.63 Å². The molecule has 0 bridgehead atoms. The van der Waals surface area contributed by atoms with Gasteiger partial charge in [0, 0.05) is 5.39 Å². The highest BCUT2D eigenvalue weighted by molar-refractivity contribution is 5.83. The van der Waals surface area contributed by atoms with Gasteiger partial charge in [-0.05, 0) is 43.2 Å². The molecule has 0 radical (unpaired) electrons. The average Bonchev–Trinajstić information content (AvgIpc) is 2.60.